The molecule has 5 nitrogen and oxygen atoms in total. The van der Waals surface area contributed by atoms with E-state index < -0.39 is 0 Å². The van der Waals surface area contributed by atoms with Gasteiger partial charge in [-0.25, -0.2) is 5.43 Å². The lowest BCUT2D eigenvalue weighted by atomic mass is 9.90. The number of carbonyl (C=O) groups excluding carboxylic acids is 2. The van der Waals surface area contributed by atoms with Crippen LogP contribution >= 0.6 is 0 Å². The summed E-state index contributed by atoms with van der Waals surface area (Å²) in [5.41, 5.74) is 7.13. The van der Waals surface area contributed by atoms with Crippen molar-refractivity contribution in [1.82, 2.24) is 5.43 Å². The molecule has 0 spiro atoms. The molecular weight excluding hydrogens is 326 g/mol. The molecule has 2 N–H and O–H groups in total. The first kappa shape index (κ1) is 17.9. The summed E-state index contributed by atoms with van der Waals surface area (Å²) in [6.07, 6.45) is 2.94. The summed E-state index contributed by atoms with van der Waals surface area (Å²) in [6, 6.07) is 15.0. The third-order valence-corrected chi connectivity index (χ3v) is 4.42. The number of fused-ring (bicyclic) bond motifs is 1. The number of amides is 2. The number of anilines is 1. The van der Waals surface area contributed by atoms with Gasteiger partial charge in [0.2, 0.25) is 5.91 Å². The fraction of sp³-hybridized carbons (Fsp3) is 0.286. The molecule has 0 saturated heterocycles. The summed E-state index contributed by atoms with van der Waals surface area (Å²) in [6.45, 7) is 3.67. The van der Waals surface area contributed by atoms with E-state index in [-0.39, 0.29) is 17.7 Å². The van der Waals surface area contributed by atoms with Gasteiger partial charge in [-0.2, -0.15) is 5.10 Å². The van der Waals surface area contributed by atoms with Gasteiger partial charge in [0, 0.05) is 22.7 Å². The normalized spacial score (nSPS) is 14.8. The number of hydrogen-bond acceptors (Lipinski definition) is 3. The Kier molecular flexibility index (Phi) is 5.46. The van der Waals surface area contributed by atoms with Gasteiger partial charge >= 0.3 is 0 Å². The van der Waals surface area contributed by atoms with Crippen LogP contribution in [0, 0.1) is 5.92 Å². The lowest BCUT2D eigenvalue weighted by molar-refractivity contribution is -0.118. The van der Waals surface area contributed by atoms with Gasteiger partial charge in [-0.15, -0.1) is 0 Å². The highest BCUT2D eigenvalue weighted by atomic mass is 16.2. The van der Waals surface area contributed by atoms with Crippen molar-refractivity contribution in [2.24, 2.45) is 11.0 Å². The second-order valence-electron chi connectivity index (χ2n) is 6.73. The van der Waals surface area contributed by atoms with E-state index in [2.05, 4.69) is 21.9 Å². The number of benzene rings is 2. The second kappa shape index (κ2) is 7.95. The average Bonchev–Trinajstić information content (AvgIpc) is 2.66. The summed E-state index contributed by atoms with van der Waals surface area (Å²) in [4.78, 5) is 24.0. The molecule has 0 atom stereocenters. The molecule has 1 aliphatic rings. The Morgan fingerprint density at radius 2 is 1.73 bits per heavy atom. The van der Waals surface area contributed by atoms with Crippen LogP contribution in [-0.2, 0) is 11.2 Å². The molecule has 2 amide bonds. The topological polar surface area (TPSA) is 70.6 Å². The maximum atomic E-state index is 12.3. The summed E-state index contributed by atoms with van der Waals surface area (Å²) in [7, 11) is 0. The average molecular weight is 349 g/mol. The fourth-order valence-corrected chi connectivity index (χ4v) is 2.89. The number of nitrogens with zero attached hydrogens (tertiary/aromatic N) is 1. The van der Waals surface area contributed by atoms with Crippen LogP contribution in [0.5, 0.6) is 0 Å². The van der Waals surface area contributed by atoms with Gasteiger partial charge in [0.25, 0.3) is 5.91 Å². The quantitative estimate of drug-likeness (QED) is 0.825. The molecular formula is C21H23N3O2. The van der Waals surface area contributed by atoms with Crippen molar-refractivity contribution >= 4 is 23.2 Å². The second-order valence-corrected chi connectivity index (χ2v) is 6.73. The molecule has 0 heterocycles. The van der Waals surface area contributed by atoms with E-state index in [0.717, 1.165) is 30.5 Å². The van der Waals surface area contributed by atoms with Crippen molar-refractivity contribution in [3.63, 3.8) is 0 Å². The van der Waals surface area contributed by atoms with Gasteiger partial charge < -0.3 is 5.32 Å². The highest BCUT2D eigenvalue weighted by molar-refractivity contribution is 6.04. The summed E-state index contributed by atoms with van der Waals surface area (Å²) in [5, 5.41) is 7.15. The van der Waals surface area contributed by atoms with Crippen molar-refractivity contribution in [3.8, 4) is 0 Å². The van der Waals surface area contributed by atoms with E-state index in [4.69, 9.17) is 0 Å². The van der Waals surface area contributed by atoms with E-state index in [1.165, 1.54) is 5.56 Å². The first-order valence-corrected chi connectivity index (χ1v) is 8.90. The predicted molar refractivity (Wildman–Crippen MR) is 103 cm³/mol. The van der Waals surface area contributed by atoms with Gasteiger partial charge in [-0.3, -0.25) is 9.59 Å². The lowest BCUT2D eigenvalue weighted by Crippen LogP contribution is -2.22. The van der Waals surface area contributed by atoms with Crippen LogP contribution in [0.4, 0.5) is 5.69 Å². The van der Waals surface area contributed by atoms with Crippen molar-refractivity contribution < 1.29 is 9.59 Å². The number of aryl methyl sites for hydroxylation is 1. The van der Waals surface area contributed by atoms with E-state index in [9.17, 15) is 9.59 Å². The standard InChI is InChI=1S/C21H23N3O2/c1-14(2)20(25)22-17-12-10-16(11-13-17)21(26)24-23-19-9-5-7-15-6-3-4-8-18(15)19/h3-4,6,8,10-14H,5,7,9H2,1-2H3,(H,22,25)(H,24,26)/b23-19+. The van der Waals surface area contributed by atoms with E-state index in [1.807, 2.05) is 32.0 Å². The van der Waals surface area contributed by atoms with Gasteiger partial charge in [-0.05, 0) is 49.1 Å². The largest absolute Gasteiger partial charge is 0.326 e. The molecule has 0 saturated carbocycles. The third kappa shape index (κ3) is 4.17. The molecule has 134 valence electrons. The first-order valence-electron chi connectivity index (χ1n) is 8.90. The summed E-state index contributed by atoms with van der Waals surface area (Å²) in [5.74, 6) is -0.404. The van der Waals surface area contributed by atoms with Gasteiger partial charge in [-0.1, -0.05) is 38.1 Å². The minimum Gasteiger partial charge on any atom is -0.326 e. The minimum absolute atomic E-state index is 0.0513. The molecule has 0 aromatic heterocycles. The predicted octanol–water partition coefficient (Wildman–Crippen LogP) is 3.75. The smallest absolute Gasteiger partial charge is 0.271 e. The minimum atomic E-state index is -0.262. The SMILES string of the molecule is CC(C)C(=O)Nc1ccc(C(=O)N/N=C2\CCCc3ccccc32)cc1. The molecule has 26 heavy (non-hydrogen) atoms. The monoisotopic (exact) mass is 349 g/mol. The van der Waals surface area contributed by atoms with E-state index in [0.29, 0.717) is 11.3 Å². The van der Waals surface area contributed by atoms with E-state index >= 15 is 0 Å². The van der Waals surface area contributed by atoms with E-state index in [1.54, 1.807) is 24.3 Å². The molecule has 3 rings (SSSR count). The molecule has 0 aliphatic heterocycles. The molecule has 0 bridgehead atoms. The highest BCUT2D eigenvalue weighted by Crippen LogP contribution is 2.21. The Morgan fingerprint density at radius 1 is 1.00 bits per heavy atom. The third-order valence-electron chi connectivity index (χ3n) is 4.42. The Balaban J connectivity index is 1.67. The van der Waals surface area contributed by atoms with Crippen LogP contribution < -0.4 is 10.7 Å². The maximum absolute atomic E-state index is 12.3. The number of nitrogens with one attached hydrogen (secondary N) is 2. The van der Waals surface area contributed by atoms with Crippen LogP contribution in [0.3, 0.4) is 0 Å². The van der Waals surface area contributed by atoms with Crippen LogP contribution in [0.2, 0.25) is 0 Å². The zero-order valence-corrected chi connectivity index (χ0v) is 15.1. The van der Waals surface area contributed by atoms with Crippen molar-refractivity contribution in [3.05, 3.63) is 65.2 Å². The fourth-order valence-electron chi connectivity index (χ4n) is 2.89. The Labute approximate surface area is 153 Å². The van der Waals surface area contributed by atoms with Crippen molar-refractivity contribution in [2.45, 2.75) is 33.1 Å². The molecule has 0 unspecified atom stereocenters. The van der Waals surface area contributed by atoms with Crippen LogP contribution in [0.1, 0.15) is 48.2 Å². The molecule has 1 aliphatic carbocycles. The zero-order chi connectivity index (χ0) is 18.5. The molecule has 5 heteroatoms. The Morgan fingerprint density at radius 3 is 2.46 bits per heavy atom. The van der Waals surface area contributed by atoms with Crippen molar-refractivity contribution in [1.29, 1.82) is 0 Å². The van der Waals surface area contributed by atoms with Gasteiger partial charge in [0.15, 0.2) is 0 Å². The number of hydrogen-bond donors (Lipinski definition) is 2. The molecule has 0 fully saturated rings. The summed E-state index contributed by atoms with van der Waals surface area (Å²) >= 11 is 0. The number of carbonyl (C=O) groups is 2. The van der Waals surface area contributed by atoms with Crippen LogP contribution in [-0.4, -0.2) is 17.5 Å². The van der Waals surface area contributed by atoms with Crippen LogP contribution in [0.15, 0.2) is 53.6 Å². The van der Waals surface area contributed by atoms with Gasteiger partial charge in [0.05, 0.1) is 5.71 Å². The maximum Gasteiger partial charge on any atom is 0.271 e. The number of rotatable bonds is 4. The Hall–Kier alpha value is -2.95. The summed E-state index contributed by atoms with van der Waals surface area (Å²) < 4.78 is 0. The first-order chi connectivity index (χ1) is 12.5. The van der Waals surface area contributed by atoms with Crippen molar-refractivity contribution in [2.75, 3.05) is 5.32 Å². The molecule has 2 aromatic rings. The highest BCUT2D eigenvalue weighted by Gasteiger charge is 2.15. The lowest BCUT2D eigenvalue weighted by Gasteiger charge is -2.17. The molecule has 2 aromatic carbocycles. The van der Waals surface area contributed by atoms with Crippen LogP contribution in [0.25, 0.3) is 0 Å². The zero-order valence-electron chi connectivity index (χ0n) is 15.1. The molecule has 0 radical (unpaired) electrons. The Bertz CT molecular complexity index is 839. The number of hydrazone groups is 1. The van der Waals surface area contributed by atoms with Gasteiger partial charge in [0.1, 0.15) is 0 Å².